The maximum atomic E-state index is 13.5. The third kappa shape index (κ3) is 5.16. The van der Waals surface area contributed by atoms with Crippen LogP contribution in [0.3, 0.4) is 0 Å². The van der Waals surface area contributed by atoms with Crippen LogP contribution < -0.4 is 10.6 Å². The molecule has 3 rings (SSSR count). The summed E-state index contributed by atoms with van der Waals surface area (Å²) in [5.41, 5.74) is 1.92. The van der Waals surface area contributed by atoms with Gasteiger partial charge in [0.25, 0.3) is 11.8 Å². The van der Waals surface area contributed by atoms with Crippen molar-refractivity contribution in [3.8, 4) is 0 Å². The van der Waals surface area contributed by atoms with Crippen LogP contribution in [0.2, 0.25) is 0 Å². The molecule has 5 heteroatoms. The third-order valence-corrected chi connectivity index (χ3v) is 5.06. The maximum absolute atomic E-state index is 13.5. The molecule has 0 saturated heterocycles. The molecule has 142 valence electrons. The first-order valence-corrected chi connectivity index (χ1v) is 9.56. The Hall–Kier alpha value is -2.69. The molecule has 2 aromatic carbocycles. The van der Waals surface area contributed by atoms with Gasteiger partial charge in [-0.25, -0.2) is 4.39 Å². The van der Waals surface area contributed by atoms with Gasteiger partial charge in [-0.1, -0.05) is 43.5 Å². The summed E-state index contributed by atoms with van der Waals surface area (Å²) in [4.78, 5) is 24.1. The van der Waals surface area contributed by atoms with E-state index in [2.05, 4.69) is 10.6 Å². The van der Waals surface area contributed by atoms with Crippen molar-refractivity contribution in [2.75, 3.05) is 13.1 Å². The first-order chi connectivity index (χ1) is 13.1. The van der Waals surface area contributed by atoms with Crippen molar-refractivity contribution in [2.24, 2.45) is 0 Å². The van der Waals surface area contributed by atoms with Crippen molar-refractivity contribution in [3.05, 3.63) is 71.0 Å². The number of halogens is 1. The standard InChI is InChI=1S/C22H25FN2O2/c23-20-9-5-4-8-19(20)22(27)25-15-14-24-21(26)18-12-10-17(11-13-18)16-6-2-1-3-7-16/h4-5,8-13,16H,1-3,6-7,14-15H2,(H,24,26)(H,25,27). The molecule has 2 aromatic rings. The molecule has 2 amide bonds. The van der Waals surface area contributed by atoms with Gasteiger partial charge in [0.2, 0.25) is 0 Å². The molecule has 1 saturated carbocycles. The van der Waals surface area contributed by atoms with Gasteiger partial charge in [0.05, 0.1) is 5.56 Å². The highest BCUT2D eigenvalue weighted by atomic mass is 19.1. The van der Waals surface area contributed by atoms with Gasteiger partial charge in [-0.15, -0.1) is 0 Å². The van der Waals surface area contributed by atoms with Crippen molar-refractivity contribution in [1.82, 2.24) is 10.6 Å². The number of carbonyl (C=O) groups excluding carboxylic acids is 2. The maximum Gasteiger partial charge on any atom is 0.254 e. The normalized spacial score (nSPS) is 14.6. The minimum Gasteiger partial charge on any atom is -0.350 e. The molecule has 0 aromatic heterocycles. The number of hydrogen-bond donors (Lipinski definition) is 2. The van der Waals surface area contributed by atoms with Crippen LogP contribution in [0.4, 0.5) is 4.39 Å². The molecule has 0 atom stereocenters. The predicted octanol–water partition coefficient (Wildman–Crippen LogP) is 4.03. The Kier molecular flexibility index (Phi) is 6.58. The smallest absolute Gasteiger partial charge is 0.254 e. The van der Waals surface area contributed by atoms with E-state index in [-0.39, 0.29) is 24.6 Å². The monoisotopic (exact) mass is 368 g/mol. The molecule has 0 radical (unpaired) electrons. The lowest BCUT2D eigenvalue weighted by atomic mass is 9.84. The van der Waals surface area contributed by atoms with E-state index in [1.165, 1.54) is 55.9 Å². The molecule has 2 N–H and O–H groups in total. The van der Waals surface area contributed by atoms with Gasteiger partial charge in [0.15, 0.2) is 0 Å². The minimum atomic E-state index is -0.558. The number of amides is 2. The van der Waals surface area contributed by atoms with Crippen LogP contribution in [0, 0.1) is 5.82 Å². The van der Waals surface area contributed by atoms with Gasteiger partial charge in [-0.05, 0) is 48.6 Å². The van der Waals surface area contributed by atoms with Gasteiger partial charge in [0.1, 0.15) is 5.82 Å². The summed E-state index contributed by atoms with van der Waals surface area (Å²) in [7, 11) is 0. The molecule has 1 fully saturated rings. The van der Waals surface area contributed by atoms with Crippen molar-refractivity contribution in [3.63, 3.8) is 0 Å². The summed E-state index contributed by atoms with van der Waals surface area (Å²) in [6.07, 6.45) is 6.35. The average molecular weight is 368 g/mol. The van der Waals surface area contributed by atoms with E-state index in [0.29, 0.717) is 11.5 Å². The lowest BCUT2D eigenvalue weighted by molar-refractivity contribution is 0.0925. The molecule has 0 unspecified atom stereocenters. The number of carbonyl (C=O) groups is 2. The van der Waals surface area contributed by atoms with Crippen LogP contribution in [-0.2, 0) is 0 Å². The molecular weight excluding hydrogens is 343 g/mol. The Labute approximate surface area is 159 Å². The Balaban J connectivity index is 1.44. The van der Waals surface area contributed by atoms with Crippen LogP contribution in [0.5, 0.6) is 0 Å². The fraction of sp³-hybridized carbons (Fsp3) is 0.364. The molecule has 0 heterocycles. The largest absolute Gasteiger partial charge is 0.350 e. The van der Waals surface area contributed by atoms with Crippen molar-refractivity contribution in [2.45, 2.75) is 38.0 Å². The van der Waals surface area contributed by atoms with E-state index in [1.54, 1.807) is 6.07 Å². The summed E-state index contributed by atoms with van der Waals surface area (Å²) < 4.78 is 13.5. The highest BCUT2D eigenvalue weighted by molar-refractivity contribution is 5.95. The lowest BCUT2D eigenvalue weighted by Gasteiger charge is -2.22. The molecular formula is C22H25FN2O2. The van der Waals surface area contributed by atoms with E-state index in [0.717, 1.165) is 0 Å². The quantitative estimate of drug-likeness (QED) is 0.756. The summed E-state index contributed by atoms with van der Waals surface area (Å²) in [6, 6.07) is 13.6. The van der Waals surface area contributed by atoms with Crippen molar-refractivity contribution < 1.29 is 14.0 Å². The Morgan fingerprint density at radius 1 is 0.852 bits per heavy atom. The molecule has 0 bridgehead atoms. The van der Waals surface area contributed by atoms with E-state index in [4.69, 9.17) is 0 Å². The molecule has 0 aliphatic heterocycles. The Bertz CT molecular complexity index is 783. The summed E-state index contributed by atoms with van der Waals surface area (Å²) in [5, 5.41) is 5.38. The van der Waals surface area contributed by atoms with E-state index < -0.39 is 11.7 Å². The number of nitrogens with one attached hydrogen (secondary N) is 2. The van der Waals surface area contributed by atoms with E-state index in [9.17, 15) is 14.0 Å². The summed E-state index contributed by atoms with van der Waals surface area (Å²) >= 11 is 0. The second-order valence-corrected chi connectivity index (χ2v) is 6.95. The average Bonchev–Trinajstić information content (AvgIpc) is 2.72. The lowest BCUT2D eigenvalue weighted by Crippen LogP contribution is -2.35. The second kappa shape index (κ2) is 9.31. The van der Waals surface area contributed by atoms with Crippen LogP contribution >= 0.6 is 0 Å². The van der Waals surface area contributed by atoms with E-state index >= 15 is 0 Å². The van der Waals surface area contributed by atoms with Gasteiger partial charge in [-0.3, -0.25) is 9.59 Å². The number of rotatable bonds is 6. The predicted molar refractivity (Wildman–Crippen MR) is 103 cm³/mol. The van der Waals surface area contributed by atoms with Gasteiger partial charge in [0, 0.05) is 18.7 Å². The fourth-order valence-electron chi connectivity index (χ4n) is 3.54. The highest BCUT2D eigenvalue weighted by Gasteiger charge is 2.16. The first-order valence-electron chi connectivity index (χ1n) is 9.56. The van der Waals surface area contributed by atoms with Gasteiger partial charge in [-0.2, -0.15) is 0 Å². The van der Waals surface area contributed by atoms with Gasteiger partial charge >= 0.3 is 0 Å². The highest BCUT2D eigenvalue weighted by Crippen LogP contribution is 2.32. The Morgan fingerprint density at radius 3 is 2.15 bits per heavy atom. The molecule has 0 spiro atoms. The molecule has 1 aliphatic rings. The Morgan fingerprint density at radius 2 is 1.48 bits per heavy atom. The molecule has 1 aliphatic carbocycles. The van der Waals surface area contributed by atoms with E-state index in [1.807, 2.05) is 24.3 Å². The second-order valence-electron chi connectivity index (χ2n) is 6.95. The fourth-order valence-corrected chi connectivity index (χ4v) is 3.54. The van der Waals surface area contributed by atoms with Gasteiger partial charge < -0.3 is 10.6 Å². The zero-order valence-electron chi connectivity index (χ0n) is 15.3. The summed E-state index contributed by atoms with van der Waals surface area (Å²) in [5.74, 6) is -0.605. The minimum absolute atomic E-state index is 0.00197. The van der Waals surface area contributed by atoms with Crippen LogP contribution in [0.25, 0.3) is 0 Å². The van der Waals surface area contributed by atoms with Crippen LogP contribution in [-0.4, -0.2) is 24.9 Å². The van der Waals surface area contributed by atoms with Crippen LogP contribution in [0.15, 0.2) is 48.5 Å². The zero-order chi connectivity index (χ0) is 19.1. The number of benzene rings is 2. The van der Waals surface area contributed by atoms with Crippen LogP contribution in [0.1, 0.15) is 64.3 Å². The molecule has 4 nitrogen and oxygen atoms in total. The first kappa shape index (κ1) is 19.1. The molecule has 27 heavy (non-hydrogen) atoms. The SMILES string of the molecule is O=C(NCCNC(=O)c1ccccc1F)c1ccc(C2CCCCC2)cc1. The van der Waals surface area contributed by atoms with Crippen molar-refractivity contribution >= 4 is 11.8 Å². The topological polar surface area (TPSA) is 58.2 Å². The summed E-state index contributed by atoms with van der Waals surface area (Å²) in [6.45, 7) is 0.516. The third-order valence-electron chi connectivity index (χ3n) is 5.06. The number of hydrogen-bond acceptors (Lipinski definition) is 2. The van der Waals surface area contributed by atoms with Crippen molar-refractivity contribution in [1.29, 1.82) is 0 Å². The zero-order valence-corrected chi connectivity index (χ0v) is 15.3.